The number of rotatable bonds is 3. The monoisotopic (exact) mass is 194 g/mol. The van der Waals surface area contributed by atoms with E-state index in [0.717, 1.165) is 12.8 Å². The molecule has 0 aromatic carbocycles. The first-order valence-corrected chi connectivity index (χ1v) is 4.86. The van der Waals surface area contributed by atoms with Crippen molar-refractivity contribution in [3.05, 3.63) is 18.1 Å². The number of amides is 1. The molecule has 0 spiro atoms. The van der Waals surface area contributed by atoms with Crippen LogP contribution in [0.2, 0.25) is 0 Å². The van der Waals surface area contributed by atoms with Gasteiger partial charge in [-0.05, 0) is 12.3 Å². The molecule has 1 heterocycles. The molecule has 1 fully saturated rings. The van der Waals surface area contributed by atoms with E-state index in [2.05, 4.69) is 12.2 Å². The number of nitrogens with two attached hydrogens (primary N) is 1. The molecule has 1 aromatic heterocycles. The van der Waals surface area contributed by atoms with Gasteiger partial charge >= 0.3 is 0 Å². The summed E-state index contributed by atoms with van der Waals surface area (Å²) in [5.74, 6) is 0.662. The van der Waals surface area contributed by atoms with Crippen LogP contribution in [0, 0.1) is 5.92 Å². The maximum atomic E-state index is 11.6. The Morgan fingerprint density at radius 1 is 1.79 bits per heavy atom. The van der Waals surface area contributed by atoms with Gasteiger partial charge in [0.2, 0.25) is 5.76 Å². The first-order valence-electron chi connectivity index (χ1n) is 4.86. The van der Waals surface area contributed by atoms with Gasteiger partial charge in [0.05, 0.1) is 12.0 Å². The lowest BCUT2D eigenvalue weighted by Crippen LogP contribution is -2.26. The van der Waals surface area contributed by atoms with E-state index < -0.39 is 0 Å². The number of furan rings is 1. The highest BCUT2D eigenvalue weighted by Gasteiger charge is 2.37. The van der Waals surface area contributed by atoms with E-state index in [9.17, 15) is 4.79 Å². The summed E-state index contributed by atoms with van der Waals surface area (Å²) in [5.41, 5.74) is 5.95. The van der Waals surface area contributed by atoms with Crippen LogP contribution in [0.5, 0.6) is 0 Å². The number of nitrogens with one attached hydrogen (secondary N) is 1. The predicted octanol–water partition coefficient (Wildman–Crippen LogP) is 1.39. The van der Waals surface area contributed by atoms with Gasteiger partial charge < -0.3 is 15.5 Å². The molecule has 0 radical (unpaired) electrons. The van der Waals surface area contributed by atoms with Crippen molar-refractivity contribution in [1.29, 1.82) is 0 Å². The first-order chi connectivity index (χ1) is 6.72. The molecule has 2 atom stereocenters. The topological polar surface area (TPSA) is 68.3 Å². The molecule has 1 aromatic rings. The van der Waals surface area contributed by atoms with Crippen LogP contribution in [0.25, 0.3) is 0 Å². The van der Waals surface area contributed by atoms with E-state index in [1.54, 1.807) is 6.07 Å². The molecule has 3 N–H and O–H groups in total. The lowest BCUT2D eigenvalue weighted by atomic mass is 10.3. The summed E-state index contributed by atoms with van der Waals surface area (Å²) in [6.07, 6.45) is 3.61. The summed E-state index contributed by atoms with van der Waals surface area (Å²) in [5, 5.41) is 2.89. The second-order valence-corrected chi connectivity index (χ2v) is 3.69. The standard InChI is InChI=1S/C10H14N2O2/c1-2-6-5-8(6)12-10(13)9-7(11)3-4-14-9/h3-4,6,8H,2,5,11H2,1H3,(H,12,13). The number of hydrogen-bond donors (Lipinski definition) is 2. The first kappa shape index (κ1) is 9.12. The van der Waals surface area contributed by atoms with E-state index in [1.807, 2.05) is 0 Å². The van der Waals surface area contributed by atoms with Crippen molar-refractivity contribution in [2.45, 2.75) is 25.8 Å². The van der Waals surface area contributed by atoms with Gasteiger partial charge in [0.15, 0.2) is 0 Å². The quantitative estimate of drug-likeness (QED) is 0.764. The summed E-state index contributed by atoms with van der Waals surface area (Å²) in [4.78, 5) is 11.6. The molecule has 1 saturated carbocycles. The number of anilines is 1. The second-order valence-electron chi connectivity index (χ2n) is 3.69. The number of carbonyl (C=O) groups is 1. The van der Waals surface area contributed by atoms with E-state index >= 15 is 0 Å². The fraction of sp³-hybridized carbons (Fsp3) is 0.500. The third-order valence-corrected chi connectivity index (χ3v) is 2.67. The van der Waals surface area contributed by atoms with Crippen molar-refractivity contribution in [3.63, 3.8) is 0 Å². The van der Waals surface area contributed by atoms with E-state index in [-0.39, 0.29) is 11.7 Å². The highest BCUT2D eigenvalue weighted by Crippen LogP contribution is 2.33. The van der Waals surface area contributed by atoms with Crippen LogP contribution in [0.15, 0.2) is 16.7 Å². The molecule has 1 aliphatic carbocycles. The molecule has 4 heteroatoms. The van der Waals surface area contributed by atoms with Crippen LogP contribution in [0.3, 0.4) is 0 Å². The van der Waals surface area contributed by atoms with Gasteiger partial charge in [-0.2, -0.15) is 0 Å². The number of hydrogen-bond acceptors (Lipinski definition) is 3. The molecular weight excluding hydrogens is 180 g/mol. The minimum absolute atomic E-state index is 0.201. The lowest BCUT2D eigenvalue weighted by Gasteiger charge is -2.01. The third kappa shape index (κ3) is 1.60. The number of carbonyl (C=O) groups excluding carboxylic acids is 1. The maximum absolute atomic E-state index is 11.6. The van der Waals surface area contributed by atoms with Crippen molar-refractivity contribution >= 4 is 11.6 Å². The average Bonchev–Trinajstić information content (AvgIpc) is 2.77. The Bertz CT molecular complexity index is 346. The molecule has 2 rings (SSSR count). The normalized spacial score (nSPS) is 24.6. The van der Waals surface area contributed by atoms with Crippen LogP contribution in [-0.2, 0) is 0 Å². The Balaban J connectivity index is 1.94. The summed E-state index contributed by atoms with van der Waals surface area (Å²) in [6, 6.07) is 1.90. The van der Waals surface area contributed by atoms with Crippen LogP contribution in [0.1, 0.15) is 30.3 Å². The van der Waals surface area contributed by atoms with Gasteiger partial charge in [-0.25, -0.2) is 0 Å². The predicted molar refractivity (Wildman–Crippen MR) is 52.8 cm³/mol. The zero-order valence-electron chi connectivity index (χ0n) is 8.12. The van der Waals surface area contributed by atoms with Crippen molar-refractivity contribution in [2.24, 2.45) is 5.92 Å². The highest BCUT2D eigenvalue weighted by molar-refractivity contribution is 5.96. The van der Waals surface area contributed by atoms with E-state index in [1.165, 1.54) is 6.26 Å². The fourth-order valence-electron chi connectivity index (χ4n) is 1.61. The molecular formula is C10H14N2O2. The van der Waals surface area contributed by atoms with Crippen LogP contribution in [0.4, 0.5) is 5.69 Å². The Labute approximate surface area is 82.5 Å². The summed E-state index contributed by atoms with van der Waals surface area (Å²) >= 11 is 0. The van der Waals surface area contributed by atoms with Gasteiger partial charge in [0, 0.05) is 12.1 Å². The molecule has 1 amide bonds. The second kappa shape index (κ2) is 3.36. The van der Waals surface area contributed by atoms with Crippen LogP contribution >= 0.6 is 0 Å². The van der Waals surface area contributed by atoms with Gasteiger partial charge in [-0.15, -0.1) is 0 Å². The summed E-state index contributed by atoms with van der Waals surface area (Å²) in [6.45, 7) is 2.12. The van der Waals surface area contributed by atoms with Crippen molar-refractivity contribution in [2.75, 3.05) is 5.73 Å². The van der Waals surface area contributed by atoms with Gasteiger partial charge in [-0.1, -0.05) is 13.3 Å². The van der Waals surface area contributed by atoms with Crippen molar-refractivity contribution in [1.82, 2.24) is 5.32 Å². The molecule has 76 valence electrons. The van der Waals surface area contributed by atoms with E-state index in [4.69, 9.17) is 10.2 Å². The Morgan fingerprint density at radius 2 is 2.57 bits per heavy atom. The minimum Gasteiger partial charge on any atom is -0.457 e. The summed E-state index contributed by atoms with van der Waals surface area (Å²) in [7, 11) is 0. The molecule has 1 aliphatic rings. The maximum Gasteiger partial charge on any atom is 0.289 e. The third-order valence-electron chi connectivity index (χ3n) is 2.67. The molecule has 14 heavy (non-hydrogen) atoms. The highest BCUT2D eigenvalue weighted by atomic mass is 16.3. The fourth-order valence-corrected chi connectivity index (χ4v) is 1.61. The van der Waals surface area contributed by atoms with Crippen molar-refractivity contribution < 1.29 is 9.21 Å². The summed E-state index contributed by atoms with van der Waals surface area (Å²) < 4.78 is 4.99. The zero-order valence-corrected chi connectivity index (χ0v) is 8.12. The Hall–Kier alpha value is -1.45. The molecule has 0 aliphatic heterocycles. The smallest absolute Gasteiger partial charge is 0.289 e. The van der Waals surface area contributed by atoms with Crippen molar-refractivity contribution in [3.8, 4) is 0 Å². The number of nitrogen functional groups attached to an aromatic ring is 1. The lowest BCUT2D eigenvalue weighted by molar-refractivity contribution is 0.0922. The Kier molecular flexibility index (Phi) is 2.19. The molecule has 0 bridgehead atoms. The Morgan fingerprint density at radius 3 is 3.07 bits per heavy atom. The minimum atomic E-state index is -0.201. The molecule has 4 nitrogen and oxygen atoms in total. The van der Waals surface area contributed by atoms with Gasteiger partial charge in [0.25, 0.3) is 5.91 Å². The van der Waals surface area contributed by atoms with Crippen LogP contribution in [-0.4, -0.2) is 11.9 Å². The van der Waals surface area contributed by atoms with Gasteiger partial charge in [0.1, 0.15) is 0 Å². The van der Waals surface area contributed by atoms with Gasteiger partial charge in [-0.3, -0.25) is 4.79 Å². The zero-order chi connectivity index (χ0) is 10.1. The molecule has 2 unspecified atom stereocenters. The van der Waals surface area contributed by atoms with Crippen LogP contribution < -0.4 is 11.1 Å². The largest absolute Gasteiger partial charge is 0.457 e. The average molecular weight is 194 g/mol. The van der Waals surface area contributed by atoms with E-state index in [0.29, 0.717) is 17.6 Å². The molecule has 0 saturated heterocycles. The SMILES string of the molecule is CCC1CC1NC(=O)c1occc1N.